The van der Waals surface area contributed by atoms with E-state index in [0.29, 0.717) is 10.7 Å². The van der Waals surface area contributed by atoms with Gasteiger partial charge < -0.3 is 5.32 Å². The standard InChI is InChI=1S/C22H13Cl3N2O2S/c23-13-9-11-14(12-10-13)26-19-20(30-15-5-2-1-3-6-15)22(29)27(21(19)28)17-8-4-7-16(24)18(17)25/h1-12,26H. The number of halogens is 3. The fraction of sp³-hybridized carbons (Fsp3) is 0. The summed E-state index contributed by atoms with van der Waals surface area (Å²) in [5.74, 6) is -0.993. The van der Waals surface area contributed by atoms with E-state index < -0.39 is 11.8 Å². The number of nitrogens with one attached hydrogen (secondary N) is 1. The molecule has 0 unspecified atom stereocenters. The Kier molecular flexibility index (Phi) is 6.06. The molecule has 30 heavy (non-hydrogen) atoms. The molecule has 1 heterocycles. The summed E-state index contributed by atoms with van der Waals surface area (Å²) in [5.41, 5.74) is 1.02. The van der Waals surface area contributed by atoms with E-state index in [4.69, 9.17) is 34.8 Å². The lowest BCUT2D eigenvalue weighted by Crippen LogP contribution is -2.32. The zero-order valence-electron chi connectivity index (χ0n) is 15.2. The van der Waals surface area contributed by atoms with Gasteiger partial charge in [-0.2, -0.15) is 0 Å². The lowest BCUT2D eigenvalue weighted by atomic mass is 10.3. The van der Waals surface area contributed by atoms with Crippen molar-refractivity contribution in [3.63, 3.8) is 0 Å². The van der Waals surface area contributed by atoms with Crippen LogP contribution in [0.2, 0.25) is 15.1 Å². The van der Waals surface area contributed by atoms with Crippen molar-refractivity contribution in [2.45, 2.75) is 4.90 Å². The highest BCUT2D eigenvalue weighted by Gasteiger charge is 2.41. The Morgan fingerprint density at radius 2 is 1.47 bits per heavy atom. The Morgan fingerprint density at radius 3 is 2.17 bits per heavy atom. The summed E-state index contributed by atoms with van der Waals surface area (Å²) in [6, 6.07) is 21.0. The predicted octanol–water partition coefficient (Wildman–Crippen LogP) is 6.64. The first-order valence-corrected chi connectivity index (χ1v) is 10.7. The zero-order valence-corrected chi connectivity index (χ0v) is 18.3. The fourth-order valence-corrected chi connectivity index (χ4v) is 4.34. The van der Waals surface area contributed by atoms with Crippen LogP contribution in [0.3, 0.4) is 0 Å². The summed E-state index contributed by atoms with van der Waals surface area (Å²) in [4.78, 5) is 28.7. The highest BCUT2D eigenvalue weighted by molar-refractivity contribution is 8.04. The second-order valence-electron chi connectivity index (χ2n) is 6.27. The van der Waals surface area contributed by atoms with E-state index in [1.807, 2.05) is 30.3 Å². The fourth-order valence-electron chi connectivity index (χ4n) is 2.88. The second kappa shape index (κ2) is 8.74. The molecule has 8 heteroatoms. The maximum atomic E-state index is 13.3. The maximum Gasteiger partial charge on any atom is 0.283 e. The summed E-state index contributed by atoms with van der Waals surface area (Å²) in [5, 5.41) is 4.02. The molecule has 0 saturated heterocycles. The number of hydrogen-bond acceptors (Lipinski definition) is 4. The van der Waals surface area contributed by atoms with Crippen LogP contribution in [0.4, 0.5) is 11.4 Å². The molecule has 0 saturated carbocycles. The molecule has 1 N–H and O–H groups in total. The number of carbonyl (C=O) groups excluding carboxylic acids is 2. The molecule has 1 aliphatic rings. The van der Waals surface area contributed by atoms with Gasteiger partial charge in [0, 0.05) is 15.6 Å². The van der Waals surface area contributed by atoms with E-state index in [1.54, 1.807) is 42.5 Å². The summed E-state index contributed by atoms with van der Waals surface area (Å²) in [7, 11) is 0. The molecule has 4 rings (SSSR count). The van der Waals surface area contributed by atoms with Crippen LogP contribution in [0.25, 0.3) is 0 Å². The van der Waals surface area contributed by atoms with Crippen LogP contribution in [0.5, 0.6) is 0 Å². The molecule has 4 nitrogen and oxygen atoms in total. The van der Waals surface area contributed by atoms with Crippen molar-refractivity contribution in [1.82, 2.24) is 0 Å². The summed E-state index contributed by atoms with van der Waals surface area (Å²) in [6.45, 7) is 0. The highest BCUT2D eigenvalue weighted by Crippen LogP contribution is 2.41. The maximum absolute atomic E-state index is 13.3. The molecule has 1 aliphatic heterocycles. The third kappa shape index (κ3) is 4.07. The van der Waals surface area contributed by atoms with Gasteiger partial charge in [-0.05, 0) is 48.5 Å². The van der Waals surface area contributed by atoms with Gasteiger partial charge in [0.15, 0.2) is 0 Å². The second-order valence-corrected chi connectivity index (χ2v) is 8.58. The van der Waals surface area contributed by atoms with E-state index in [1.165, 1.54) is 11.8 Å². The zero-order chi connectivity index (χ0) is 21.3. The molecule has 0 aliphatic carbocycles. The summed E-state index contributed by atoms with van der Waals surface area (Å²) < 4.78 is 0. The van der Waals surface area contributed by atoms with Crippen molar-refractivity contribution in [1.29, 1.82) is 0 Å². The number of hydrogen-bond donors (Lipinski definition) is 1. The van der Waals surface area contributed by atoms with Crippen molar-refractivity contribution in [2.75, 3.05) is 10.2 Å². The van der Waals surface area contributed by atoms with Crippen LogP contribution in [-0.2, 0) is 9.59 Å². The van der Waals surface area contributed by atoms with Crippen LogP contribution < -0.4 is 10.2 Å². The molecule has 0 aromatic heterocycles. The lowest BCUT2D eigenvalue weighted by Gasteiger charge is -2.17. The number of rotatable bonds is 5. The number of nitrogens with zero attached hydrogens (tertiary/aromatic N) is 1. The van der Waals surface area contributed by atoms with E-state index in [-0.39, 0.29) is 26.3 Å². The van der Waals surface area contributed by atoms with E-state index >= 15 is 0 Å². The van der Waals surface area contributed by atoms with E-state index in [0.717, 1.165) is 9.80 Å². The number of carbonyl (C=O) groups is 2. The molecule has 0 spiro atoms. The van der Waals surface area contributed by atoms with Crippen LogP contribution >= 0.6 is 46.6 Å². The topological polar surface area (TPSA) is 49.4 Å². The van der Waals surface area contributed by atoms with Crippen molar-refractivity contribution in [3.8, 4) is 0 Å². The Balaban J connectivity index is 1.77. The third-order valence-corrected chi connectivity index (χ3v) is 6.44. The van der Waals surface area contributed by atoms with Gasteiger partial charge in [0.05, 0.1) is 15.7 Å². The molecule has 3 aromatic rings. The predicted molar refractivity (Wildman–Crippen MR) is 123 cm³/mol. The Hall–Kier alpha value is -2.44. The minimum atomic E-state index is -0.516. The first-order valence-electron chi connectivity index (χ1n) is 8.78. The SMILES string of the molecule is O=C1C(Nc2ccc(Cl)cc2)=C(Sc2ccccc2)C(=O)N1c1cccc(Cl)c1Cl. The molecule has 0 atom stereocenters. The van der Waals surface area contributed by atoms with Gasteiger partial charge in [0.25, 0.3) is 11.8 Å². The molecular weight excluding hydrogens is 463 g/mol. The minimum Gasteiger partial charge on any atom is -0.350 e. The molecule has 0 bridgehead atoms. The van der Waals surface area contributed by atoms with Gasteiger partial charge in [-0.25, -0.2) is 4.90 Å². The normalized spacial score (nSPS) is 13.9. The van der Waals surface area contributed by atoms with Crippen LogP contribution in [0.15, 0.2) is 88.3 Å². The summed E-state index contributed by atoms with van der Waals surface area (Å²) in [6.07, 6.45) is 0. The lowest BCUT2D eigenvalue weighted by molar-refractivity contribution is -0.120. The monoisotopic (exact) mass is 474 g/mol. The number of imide groups is 1. The first kappa shape index (κ1) is 20.8. The van der Waals surface area contributed by atoms with Gasteiger partial charge >= 0.3 is 0 Å². The largest absolute Gasteiger partial charge is 0.350 e. The van der Waals surface area contributed by atoms with Gasteiger partial charge in [0.1, 0.15) is 10.6 Å². The third-order valence-electron chi connectivity index (χ3n) is 4.29. The Labute approximate surface area is 192 Å². The smallest absolute Gasteiger partial charge is 0.283 e. The Morgan fingerprint density at radius 1 is 0.767 bits per heavy atom. The quantitative estimate of drug-likeness (QED) is 0.420. The molecule has 0 radical (unpaired) electrons. The van der Waals surface area contributed by atoms with E-state index in [9.17, 15) is 9.59 Å². The summed E-state index contributed by atoms with van der Waals surface area (Å²) >= 11 is 19.6. The van der Waals surface area contributed by atoms with Gasteiger partial charge in [-0.1, -0.05) is 70.8 Å². The molecular formula is C22H13Cl3N2O2S. The minimum absolute atomic E-state index is 0.137. The van der Waals surface area contributed by atoms with Crippen molar-refractivity contribution < 1.29 is 9.59 Å². The van der Waals surface area contributed by atoms with E-state index in [2.05, 4.69) is 5.32 Å². The van der Waals surface area contributed by atoms with Crippen LogP contribution in [0.1, 0.15) is 0 Å². The van der Waals surface area contributed by atoms with Gasteiger partial charge in [-0.3, -0.25) is 9.59 Å². The van der Waals surface area contributed by atoms with Gasteiger partial charge in [-0.15, -0.1) is 0 Å². The molecule has 150 valence electrons. The number of anilines is 2. The Bertz CT molecular complexity index is 1160. The highest BCUT2D eigenvalue weighted by atomic mass is 35.5. The first-order chi connectivity index (χ1) is 14.5. The van der Waals surface area contributed by atoms with Crippen LogP contribution in [0, 0.1) is 0 Å². The molecule has 3 aromatic carbocycles. The van der Waals surface area contributed by atoms with Gasteiger partial charge in [0.2, 0.25) is 0 Å². The number of benzene rings is 3. The molecule has 2 amide bonds. The van der Waals surface area contributed by atoms with Crippen molar-refractivity contribution >= 4 is 69.8 Å². The molecule has 0 fully saturated rings. The van der Waals surface area contributed by atoms with Crippen molar-refractivity contribution in [2.24, 2.45) is 0 Å². The number of amides is 2. The average molecular weight is 476 g/mol. The average Bonchev–Trinajstić information content (AvgIpc) is 2.96. The van der Waals surface area contributed by atoms with Crippen molar-refractivity contribution in [3.05, 3.63) is 98.5 Å². The van der Waals surface area contributed by atoms with Crippen LogP contribution in [-0.4, -0.2) is 11.8 Å². The number of thioether (sulfide) groups is 1.